The minimum atomic E-state index is -0.168. The lowest BCUT2D eigenvalue weighted by atomic mass is 9.82. The third-order valence-electron chi connectivity index (χ3n) is 6.79. The van der Waals surface area contributed by atoms with Crippen molar-refractivity contribution in [3.05, 3.63) is 0 Å². The first-order chi connectivity index (χ1) is 14.3. The Labute approximate surface area is 185 Å². The number of Topliss-reactive ketones (excluding diaryl/α,β-unsaturated/α-hetero) is 1. The summed E-state index contributed by atoms with van der Waals surface area (Å²) < 4.78 is 5.08. The van der Waals surface area contributed by atoms with Crippen LogP contribution >= 0.6 is 0 Å². The number of esters is 1. The molecule has 0 aliphatic heterocycles. The maximum absolute atomic E-state index is 12.4. The monoisotopic (exact) mass is 424 g/mol. The van der Waals surface area contributed by atoms with Crippen LogP contribution in [0.25, 0.3) is 0 Å². The molecule has 0 aromatic heterocycles. The fraction of sp³-hybridized carbons (Fsp3) is 0.923. The zero-order chi connectivity index (χ0) is 22.4. The molecule has 0 saturated heterocycles. The summed E-state index contributed by atoms with van der Waals surface area (Å²) in [5.74, 6) is 1.07. The fourth-order valence-corrected chi connectivity index (χ4v) is 4.95. The summed E-state index contributed by atoms with van der Waals surface area (Å²) in [5, 5.41) is 10.2. The average Bonchev–Trinajstić information content (AvgIpc) is 3.02. The van der Waals surface area contributed by atoms with Crippen LogP contribution in [0.15, 0.2) is 0 Å². The van der Waals surface area contributed by atoms with Gasteiger partial charge in [0.2, 0.25) is 0 Å². The second-order valence-electron chi connectivity index (χ2n) is 10.2. The summed E-state index contributed by atoms with van der Waals surface area (Å²) in [6.45, 7) is 8.74. The lowest BCUT2D eigenvalue weighted by molar-refractivity contribution is -0.145. The highest BCUT2D eigenvalue weighted by Gasteiger charge is 2.33. The van der Waals surface area contributed by atoms with Gasteiger partial charge in [-0.05, 0) is 56.8 Å². The molecule has 0 spiro atoms. The van der Waals surface area contributed by atoms with Crippen molar-refractivity contribution in [2.45, 2.75) is 130 Å². The van der Waals surface area contributed by atoms with Gasteiger partial charge >= 0.3 is 5.97 Å². The van der Waals surface area contributed by atoms with Gasteiger partial charge in [-0.3, -0.25) is 9.59 Å². The van der Waals surface area contributed by atoms with Gasteiger partial charge in [-0.2, -0.15) is 0 Å². The molecule has 176 valence electrons. The molecule has 1 unspecified atom stereocenters. The highest BCUT2D eigenvalue weighted by Crippen LogP contribution is 2.37. The number of rotatable bonds is 17. The van der Waals surface area contributed by atoms with E-state index in [1.54, 1.807) is 0 Å². The van der Waals surface area contributed by atoms with Gasteiger partial charge in [0.05, 0.1) is 19.1 Å². The van der Waals surface area contributed by atoms with Crippen molar-refractivity contribution in [3.63, 3.8) is 0 Å². The van der Waals surface area contributed by atoms with Gasteiger partial charge in [-0.15, -0.1) is 0 Å². The van der Waals surface area contributed by atoms with Crippen LogP contribution in [0, 0.1) is 17.3 Å². The molecule has 0 aromatic rings. The molecule has 0 heterocycles. The Morgan fingerprint density at radius 1 is 1.07 bits per heavy atom. The quantitative estimate of drug-likeness (QED) is 0.210. The van der Waals surface area contributed by atoms with Crippen LogP contribution in [-0.4, -0.2) is 29.6 Å². The van der Waals surface area contributed by atoms with E-state index in [1.165, 1.54) is 19.3 Å². The van der Waals surface area contributed by atoms with Crippen molar-refractivity contribution in [2.75, 3.05) is 6.61 Å². The first kappa shape index (κ1) is 27.1. The molecule has 4 nitrogen and oxygen atoms in total. The van der Waals surface area contributed by atoms with Crippen LogP contribution < -0.4 is 0 Å². The zero-order valence-electron chi connectivity index (χ0n) is 20.2. The van der Waals surface area contributed by atoms with Crippen molar-refractivity contribution < 1.29 is 19.4 Å². The zero-order valence-corrected chi connectivity index (χ0v) is 20.2. The molecule has 1 aliphatic rings. The van der Waals surface area contributed by atoms with E-state index in [4.69, 9.17) is 4.74 Å². The van der Waals surface area contributed by atoms with E-state index in [0.29, 0.717) is 24.7 Å². The van der Waals surface area contributed by atoms with Gasteiger partial charge in [-0.25, -0.2) is 0 Å². The van der Waals surface area contributed by atoms with Gasteiger partial charge in [0.1, 0.15) is 5.78 Å². The number of carbonyl (C=O) groups excluding carboxylic acids is 2. The lowest BCUT2D eigenvalue weighted by Crippen LogP contribution is -2.19. The second-order valence-corrected chi connectivity index (χ2v) is 10.2. The van der Waals surface area contributed by atoms with Crippen molar-refractivity contribution in [1.82, 2.24) is 0 Å². The summed E-state index contributed by atoms with van der Waals surface area (Å²) in [6, 6.07) is 0. The van der Waals surface area contributed by atoms with Gasteiger partial charge in [0.15, 0.2) is 0 Å². The highest BCUT2D eigenvalue weighted by molar-refractivity contribution is 5.83. The Bertz CT molecular complexity index is 485. The van der Waals surface area contributed by atoms with Gasteiger partial charge in [-0.1, -0.05) is 65.7 Å². The Kier molecular flexibility index (Phi) is 13.6. The van der Waals surface area contributed by atoms with E-state index in [-0.39, 0.29) is 23.4 Å². The number of aliphatic hydroxyl groups is 1. The van der Waals surface area contributed by atoms with Crippen molar-refractivity contribution in [2.24, 2.45) is 17.3 Å². The third-order valence-corrected chi connectivity index (χ3v) is 6.79. The van der Waals surface area contributed by atoms with E-state index >= 15 is 0 Å². The minimum absolute atomic E-state index is 0.0430. The number of carbonyl (C=O) groups is 2. The van der Waals surface area contributed by atoms with Crippen LogP contribution in [0.2, 0.25) is 0 Å². The first-order valence-electron chi connectivity index (χ1n) is 12.7. The molecule has 30 heavy (non-hydrogen) atoms. The smallest absolute Gasteiger partial charge is 0.306 e. The highest BCUT2D eigenvalue weighted by atomic mass is 16.5. The minimum Gasteiger partial charge on any atom is -0.466 e. The van der Waals surface area contributed by atoms with Crippen LogP contribution in [0.3, 0.4) is 0 Å². The summed E-state index contributed by atoms with van der Waals surface area (Å²) in [6.07, 6.45) is 14.9. The topological polar surface area (TPSA) is 63.6 Å². The molecule has 1 saturated carbocycles. The number of ketones is 1. The van der Waals surface area contributed by atoms with E-state index in [9.17, 15) is 14.7 Å². The maximum atomic E-state index is 12.4. The number of aliphatic hydroxyl groups excluding tert-OH is 1. The summed E-state index contributed by atoms with van der Waals surface area (Å²) in [4.78, 5) is 24.1. The molecular formula is C26H48O4. The Morgan fingerprint density at radius 2 is 1.80 bits per heavy atom. The van der Waals surface area contributed by atoms with Crippen molar-refractivity contribution >= 4 is 11.8 Å². The molecule has 0 radical (unpaired) electrons. The number of hydrogen-bond donors (Lipinski definition) is 1. The summed E-state index contributed by atoms with van der Waals surface area (Å²) in [7, 11) is 0. The number of ether oxygens (including phenoxy) is 1. The molecule has 0 amide bonds. The molecule has 1 rings (SSSR count). The molecule has 3 atom stereocenters. The predicted octanol–water partition coefficient (Wildman–Crippen LogP) is 6.62. The predicted molar refractivity (Wildman–Crippen MR) is 123 cm³/mol. The summed E-state index contributed by atoms with van der Waals surface area (Å²) >= 11 is 0. The fourth-order valence-electron chi connectivity index (χ4n) is 4.95. The Balaban J connectivity index is 2.25. The van der Waals surface area contributed by atoms with Crippen LogP contribution in [0.5, 0.6) is 0 Å². The number of unbranched alkanes of at least 4 members (excludes halogenated alkanes) is 4. The average molecular weight is 425 g/mol. The largest absolute Gasteiger partial charge is 0.466 e. The maximum Gasteiger partial charge on any atom is 0.306 e. The van der Waals surface area contributed by atoms with Crippen LogP contribution in [-0.2, 0) is 14.3 Å². The second kappa shape index (κ2) is 15.0. The van der Waals surface area contributed by atoms with Crippen molar-refractivity contribution in [3.8, 4) is 0 Å². The van der Waals surface area contributed by atoms with Crippen LogP contribution in [0.1, 0.15) is 124 Å². The van der Waals surface area contributed by atoms with E-state index in [0.717, 1.165) is 70.6 Å². The van der Waals surface area contributed by atoms with Gasteiger partial charge in [0.25, 0.3) is 0 Å². The lowest BCUT2D eigenvalue weighted by Gasteiger charge is -2.24. The molecule has 0 aromatic carbocycles. The molecular weight excluding hydrogens is 376 g/mol. The first-order valence-corrected chi connectivity index (χ1v) is 12.7. The SMILES string of the molecule is CCCCCCC(O)CCC[C@H]1CCC(=O)[C@@H]1CCCCC(C)(C)CC(=O)OCC. The molecule has 1 N–H and O–H groups in total. The normalized spacial score (nSPS) is 20.5. The Morgan fingerprint density at radius 3 is 2.50 bits per heavy atom. The van der Waals surface area contributed by atoms with E-state index in [1.807, 2.05) is 6.92 Å². The Hall–Kier alpha value is -0.900. The molecule has 1 aliphatic carbocycles. The van der Waals surface area contributed by atoms with Gasteiger partial charge < -0.3 is 9.84 Å². The standard InChI is InChI=1S/C26H48O4/c1-5-7-8-9-14-22(27)15-12-13-21-17-18-24(28)23(21)16-10-11-19-26(3,4)20-25(29)30-6-2/h21-23,27H,5-20H2,1-4H3/t21-,22?,23+/m0/s1. The van der Waals surface area contributed by atoms with E-state index in [2.05, 4.69) is 20.8 Å². The molecule has 1 fully saturated rings. The summed E-state index contributed by atoms with van der Waals surface area (Å²) in [5.41, 5.74) is -0.0430. The molecule has 0 bridgehead atoms. The number of hydrogen-bond acceptors (Lipinski definition) is 4. The van der Waals surface area contributed by atoms with E-state index < -0.39 is 0 Å². The van der Waals surface area contributed by atoms with Crippen LogP contribution in [0.4, 0.5) is 0 Å². The van der Waals surface area contributed by atoms with Gasteiger partial charge in [0, 0.05) is 12.3 Å². The van der Waals surface area contributed by atoms with Crippen molar-refractivity contribution in [1.29, 1.82) is 0 Å². The third kappa shape index (κ3) is 11.5. The molecule has 4 heteroatoms.